The van der Waals surface area contributed by atoms with E-state index >= 15 is 0 Å². The standard InChI is InChI=1S/C12H15ClN4O/c1-18-10-4-2-9(3-5-10)17-11-8(7-15-17)6-14-12(13)16-11/h6-7,9-10H,2-5H2,1H3. The maximum Gasteiger partial charge on any atom is 0.224 e. The minimum Gasteiger partial charge on any atom is -0.381 e. The SMILES string of the molecule is COC1CCC(n2ncc3cnc(Cl)nc32)CC1. The predicted molar refractivity (Wildman–Crippen MR) is 68.6 cm³/mol. The number of ether oxygens (including phenoxy) is 1. The Morgan fingerprint density at radius 3 is 2.78 bits per heavy atom. The largest absolute Gasteiger partial charge is 0.381 e. The van der Waals surface area contributed by atoms with E-state index in [2.05, 4.69) is 15.1 Å². The molecule has 1 saturated carbocycles. The molecular formula is C12H15ClN4O. The van der Waals surface area contributed by atoms with Gasteiger partial charge in [-0.25, -0.2) is 9.67 Å². The summed E-state index contributed by atoms with van der Waals surface area (Å²) in [6.45, 7) is 0. The van der Waals surface area contributed by atoms with Crippen LogP contribution in [0, 0.1) is 0 Å². The van der Waals surface area contributed by atoms with E-state index in [0.29, 0.717) is 12.1 Å². The Balaban J connectivity index is 1.88. The molecule has 3 rings (SSSR count). The van der Waals surface area contributed by atoms with Gasteiger partial charge in [-0.3, -0.25) is 0 Å². The van der Waals surface area contributed by atoms with E-state index in [0.717, 1.165) is 36.7 Å². The van der Waals surface area contributed by atoms with Crippen molar-refractivity contribution in [2.75, 3.05) is 7.11 Å². The Morgan fingerprint density at radius 2 is 2.06 bits per heavy atom. The van der Waals surface area contributed by atoms with Crippen LogP contribution in [0.5, 0.6) is 0 Å². The van der Waals surface area contributed by atoms with Gasteiger partial charge >= 0.3 is 0 Å². The van der Waals surface area contributed by atoms with Crippen molar-refractivity contribution < 1.29 is 4.74 Å². The number of rotatable bonds is 2. The summed E-state index contributed by atoms with van der Waals surface area (Å²) in [7, 11) is 1.78. The van der Waals surface area contributed by atoms with Crippen LogP contribution < -0.4 is 0 Å². The van der Waals surface area contributed by atoms with E-state index in [-0.39, 0.29) is 5.28 Å². The summed E-state index contributed by atoms with van der Waals surface area (Å²) < 4.78 is 7.37. The first-order valence-corrected chi connectivity index (χ1v) is 6.54. The third-order valence-electron chi connectivity index (χ3n) is 3.63. The number of nitrogens with zero attached hydrogens (tertiary/aromatic N) is 4. The Bertz CT molecular complexity index is 548. The molecule has 0 saturated heterocycles. The van der Waals surface area contributed by atoms with E-state index in [1.165, 1.54) is 0 Å². The lowest BCUT2D eigenvalue weighted by atomic mass is 9.93. The second-order valence-electron chi connectivity index (χ2n) is 4.67. The lowest BCUT2D eigenvalue weighted by Crippen LogP contribution is -2.23. The number of hydrogen-bond acceptors (Lipinski definition) is 4. The molecule has 0 N–H and O–H groups in total. The molecule has 0 aromatic carbocycles. The van der Waals surface area contributed by atoms with Crippen molar-refractivity contribution in [2.45, 2.75) is 37.8 Å². The number of hydrogen-bond donors (Lipinski definition) is 0. The minimum atomic E-state index is 0.273. The molecule has 0 aliphatic heterocycles. The van der Waals surface area contributed by atoms with Crippen LogP contribution in [0.3, 0.4) is 0 Å². The second kappa shape index (κ2) is 4.82. The molecule has 0 amide bonds. The molecule has 1 fully saturated rings. The summed E-state index contributed by atoms with van der Waals surface area (Å²) in [4.78, 5) is 8.25. The average molecular weight is 267 g/mol. The first-order valence-electron chi connectivity index (χ1n) is 6.16. The third-order valence-corrected chi connectivity index (χ3v) is 3.81. The predicted octanol–water partition coefficient (Wildman–Crippen LogP) is 2.61. The summed E-state index contributed by atoms with van der Waals surface area (Å²) in [6.07, 6.45) is 8.18. The van der Waals surface area contributed by atoms with E-state index in [4.69, 9.17) is 16.3 Å². The van der Waals surface area contributed by atoms with Crippen molar-refractivity contribution in [3.8, 4) is 0 Å². The summed E-state index contributed by atoms with van der Waals surface area (Å²) in [5.74, 6) is 0. The van der Waals surface area contributed by atoms with E-state index in [1.54, 1.807) is 19.5 Å². The normalized spacial score (nSPS) is 24.6. The van der Waals surface area contributed by atoms with Crippen molar-refractivity contribution >= 4 is 22.6 Å². The zero-order valence-electron chi connectivity index (χ0n) is 10.2. The summed E-state index contributed by atoms with van der Waals surface area (Å²) in [5.41, 5.74) is 0.830. The van der Waals surface area contributed by atoms with Gasteiger partial charge in [-0.1, -0.05) is 0 Å². The smallest absolute Gasteiger partial charge is 0.224 e. The van der Waals surface area contributed by atoms with E-state index in [9.17, 15) is 0 Å². The average Bonchev–Trinajstić information content (AvgIpc) is 2.82. The summed E-state index contributed by atoms with van der Waals surface area (Å²) >= 11 is 5.85. The van der Waals surface area contributed by atoms with Crippen molar-refractivity contribution in [2.24, 2.45) is 0 Å². The molecule has 5 nitrogen and oxygen atoms in total. The van der Waals surface area contributed by atoms with E-state index in [1.807, 2.05) is 4.68 Å². The lowest BCUT2D eigenvalue weighted by molar-refractivity contribution is 0.0573. The molecule has 0 unspecified atom stereocenters. The van der Waals surface area contributed by atoms with Crippen molar-refractivity contribution in [3.05, 3.63) is 17.7 Å². The summed E-state index contributed by atoms with van der Waals surface area (Å²) in [5, 5.41) is 5.64. The van der Waals surface area contributed by atoms with Gasteiger partial charge in [-0.2, -0.15) is 10.1 Å². The van der Waals surface area contributed by atoms with Gasteiger partial charge in [0.05, 0.1) is 23.7 Å². The van der Waals surface area contributed by atoms with Crippen LogP contribution >= 0.6 is 11.6 Å². The van der Waals surface area contributed by atoms with Crippen LogP contribution in [-0.4, -0.2) is 33.0 Å². The summed E-state index contributed by atoms with van der Waals surface area (Å²) in [6, 6.07) is 0.389. The zero-order valence-corrected chi connectivity index (χ0v) is 11.0. The Hall–Kier alpha value is -1.20. The Labute approximate surface area is 110 Å². The van der Waals surface area contributed by atoms with Gasteiger partial charge in [-0.15, -0.1) is 0 Å². The molecular weight excluding hydrogens is 252 g/mol. The molecule has 6 heteroatoms. The molecule has 2 aromatic heterocycles. The first-order chi connectivity index (χ1) is 8.78. The fourth-order valence-electron chi connectivity index (χ4n) is 2.61. The minimum absolute atomic E-state index is 0.273. The Kier molecular flexibility index (Phi) is 3.18. The monoisotopic (exact) mass is 266 g/mol. The quantitative estimate of drug-likeness (QED) is 0.784. The molecule has 18 heavy (non-hydrogen) atoms. The second-order valence-corrected chi connectivity index (χ2v) is 5.01. The van der Waals surface area contributed by atoms with Crippen LogP contribution in [0.25, 0.3) is 11.0 Å². The molecule has 0 spiro atoms. The fraction of sp³-hybridized carbons (Fsp3) is 0.583. The first kappa shape index (κ1) is 11.9. The highest BCUT2D eigenvalue weighted by Crippen LogP contribution is 2.31. The highest BCUT2D eigenvalue weighted by Gasteiger charge is 2.24. The molecule has 0 radical (unpaired) electrons. The van der Waals surface area contributed by atoms with Gasteiger partial charge in [0, 0.05) is 13.3 Å². The maximum atomic E-state index is 5.85. The highest BCUT2D eigenvalue weighted by atomic mass is 35.5. The van der Waals surface area contributed by atoms with Crippen LogP contribution in [0.1, 0.15) is 31.7 Å². The number of fused-ring (bicyclic) bond motifs is 1. The highest BCUT2D eigenvalue weighted by molar-refractivity contribution is 6.28. The van der Waals surface area contributed by atoms with Crippen LogP contribution in [0.15, 0.2) is 12.4 Å². The molecule has 1 aliphatic rings. The molecule has 2 heterocycles. The van der Waals surface area contributed by atoms with Crippen molar-refractivity contribution in [1.29, 1.82) is 0 Å². The van der Waals surface area contributed by atoms with E-state index < -0.39 is 0 Å². The molecule has 0 atom stereocenters. The van der Waals surface area contributed by atoms with Crippen molar-refractivity contribution in [3.63, 3.8) is 0 Å². The maximum absolute atomic E-state index is 5.85. The van der Waals surface area contributed by atoms with Crippen molar-refractivity contribution in [1.82, 2.24) is 19.7 Å². The Morgan fingerprint density at radius 1 is 1.28 bits per heavy atom. The molecule has 1 aliphatic carbocycles. The van der Waals surface area contributed by atoms with Gasteiger partial charge < -0.3 is 4.74 Å². The fourth-order valence-corrected chi connectivity index (χ4v) is 2.74. The topological polar surface area (TPSA) is 52.8 Å². The van der Waals surface area contributed by atoms with Gasteiger partial charge in [0.25, 0.3) is 0 Å². The third kappa shape index (κ3) is 2.08. The number of halogens is 1. The van der Waals surface area contributed by atoms with Gasteiger partial charge in [0.2, 0.25) is 5.28 Å². The van der Waals surface area contributed by atoms with Gasteiger partial charge in [-0.05, 0) is 37.3 Å². The van der Waals surface area contributed by atoms with Crippen LogP contribution in [0.4, 0.5) is 0 Å². The lowest BCUT2D eigenvalue weighted by Gasteiger charge is -2.27. The number of methoxy groups -OCH3 is 1. The molecule has 0 bridgehead atoms. The zero-order chi connectivity index (χ0) is 12.5. The van der Waals surface area contributed by atoms with Crippen LogP contribution in [-0.2, 0) is 4.74 Å². The van der Waals surface area contributed by atoms with Gasteiger partial charge in [0.1, 0.15) is 0 Å². The van der Waals surface area contributed by atoms with Gasteiger partial charge in [0.15, 0.2) is 5.65 Å². The molecule has 96 valence electrons. The molecule has 2 aromatic rings. The number of aromatic nitrogens is 4. The van der Waals surface area contributed by atoms with Crippen LogP contribution in [0.2, 0.25) is 5.28 Å².